The minimum atomic E-state index is -3.76. The number of carbonyl (C=O) groups excluding carboxylic acids is 1. The minimum absolute atomic E-state index is 0.0267. The summed E-state index contributed by atoms with van der Waals surface area (Å²) >= 11 is 1.56. The van der Waals surface area contributed by atoms with Crippen molar-refractivity contribution in [2.24, 2.45) is 0 Å². The highest BCUT2D eigenvalue weighted by Gasteiger charge is 2.29. The van der Waals surface area contributed by atoms with E-state index >= 15 is 0 Å². The monoisotopic (exact) mass is 460 g/mol. The molecule has 2 aromatic carbocycles. The highest BCUT2D eigenvalue weighted by Crippen LogP contribution is 2.31. The summed E-state index contributed by atoms with van der Waals surface area (Å²) in [5, 5.41) is 2.90. The molecule has 2 aromatic rings. The number of para-hydroxylation sites is 1. The van der Waals surface area contributed by atoms with Crippen LogP contribution in [0.15, 0.2) is 64.9 Å². The Morgan fingerprint density at radius 2 is 1.87 bits per heavy atom. The Balaban J connectivity index is 1.90. The molecule has 1 aliphatic heterocycles. The van der Waals surface area contributed by atoms with Crippen LogP contribution in [0, 0.1) is 0 Å². The quantitative estimate of drug-likeness (QED) is 0.453. The van der Waals surface area contributed by atoms with Gasteiger partial charge in [0.2, 0.25) is 10.0 Å². The zero-order valence-corrected chi connectivity index (χ0v) is 19.3. The van der Waals surface area contributed by atoms with E-state index in [1.807, 2.05) is 24.3 Å². The lowest BCUT2D eigenvalue weighted by atomic mass is 10.2. The van der Waals surface area contributed by atoms with Gasteiger partial charge in [-0.3, -0.25) is 4.79 Å². The molecule has 1 amide bonds. The topological polar surface area (TPSA) is 75.7 Å². The van der Waals surface area contributed by atoms with Gasteiger partial charge in [0, 0.05) is 29.3 Å². The number of thioether (sulfide) groups is 1. The van der Waals surface area contributed by atoms with E-state index in [0.29, 0.717) is 24.5 Å². The van der Waals surface area contributed by atoms with E-state index in [4.69, 9.17) is 4.74 Å². The Labute approximate surface area is 188 Å². The van der Waals surface area contributed by atoms with E-state index in [9.17, 15) is 13.2 Å². The van der Waals surface area contributed by atoms with Gasteiger partial charge in [0.15, 0.2) is 0 Å². The van der Waals surface area contributed by atoms with Crippen molar-refractivity contribution in [3.63, 3.8) is 0 Å². The minimum Gasteiger partial charge on any atom is -0.495 e. The summed E-state index contributed by atoms with van der Waals surface area (Å²) in [5.41, 5.74) is 0.935. The van der Waals surface area contributed by atoms with Crippen LogP contribution < -0.4 is 10.1 Å². The van der Waals surface area contributed by atoms with Gasteiger partial charge in [0.1, 0.15) is 10.6 Å². The first-order valence-corrected chi connectivity index (χ1v) is 12.7. The molecule has 8 heteroatoms. The van der Waals surface area contributed by atoms with Crippen molar-refractivity contribution in [3.8, 4) is 5.75 Å². The summed E-state index contributed by atoms with van der Waals surface area (Å²) in [6.07, 6.45) is 5.51. The third kappa shape index (κ3) is 5.70. The average molecular weight is 461 g/mol. The number of ether oxygens (including phenoxy) is 1. The normalized spacial score (nSPS) is 15.1. The zero-order chi connectivity index (χ0) is 22.3. The van der Waals surface area contributed by atoms with Crippen LogP contribution in [0.25, 0.3) is 0 Å². The second-order valence-corrected chi connectivity index (χ2v) is 10.2. The predicted octanol–water partition coefficient (Wildman–Crippen LogP) is 4.79. The molecule has 1 saturated heterocycles. The first kappa shape index (κ1) is 23.4. The van der Waals surface area contributed by atoms with E-state index in [1.54, 1.807) is 23.9 Å². The number of anilines is 1. The van der Waals surface area contributed by atoms with Gasteiger partial charge in [0.25, 0.3) is 5.91 Å². The summed E-state index contributed by atoms with van der Waals surface area (Å²) in [7, 11) is -2.33. The average Bonchev–Trinajstić information content (AvgIpc) is 3.08. The SMILES string of the molecule is C=CCSc1ccccc1NC(=O)c1ccc(OC)c(S(=O)(=O)N2CCCCCC2)c1. The number of rotatable bonds is 8. The smallest absolute Gasteiger partial charge is 0.255 e. The Bertz CT molecular complexity index is 1030. The van der Waals surface area contributed by atoms with Gasteiger partial charge in [-0.25, -0.2) is 8.42 Å². The molecular formula is C23H28N2O4S2. The van der Waals surface area contributed by atoms with Crippen molar-refractivity contribution in [2.45, 2.75) is 35.5 Å². The predicted molar refractivity (Wildman–Crippen MR) is 126 cm³/mol. The zero-order valence-electron chi connectivity index (χ0n) is 17.7. The fourth-order valence-corrected chi connectivity index (χ4v) is 5.92. The molecular weight excluding hydrogens is 432 g/mol. The highest BCUT2D eigenvalue weighted by molar-refractivity contribution is 7.99. The van der Waals surface area contributed by atoms with E-state index in [2.05, 4.69) is 11.9 Å². The summed E-state index contributed by atoms with van der Waals surface area (Å²) in [6, 6.07) is 12.0. The van der Waals surface area contributed by atoms with Crippen molar-refractivity contribution >= 4 is 33.4 Å². The van der Waals surface area contributed by atoms with Crippen LogP contribution in [0.1, 0.15) is 36.0 Å². The van der Waals surface area contributed by atoms with Gasteiger partial charge in [0.05, 0.1) is 12.8 Å². The third-order valence-electron chi connectivity index (χ3n) is 5.10. The molecule has 0 spiro atoms. The number of nitrogens with one attached hydrogen (secondary N) is 1. The fourth-order valence-electron chi connectivity index (χ4n) is 3.48. The van der Waals surface area contributed by atoms with Crippen LogP contribution in [0.4, 0.5) is 5.69 Å². The molecule has 0 atom stereocenters. The Hall–Kier alpha value is -2.29. The highest BCUT2D eigenvalue weighted by atomic mass is 32.2. The number of methoxy groups -OCH3 is 1. The maximum atomic E-state index is 13.3. The number of benzene rings is 2. The number of carbonyl (C=O) groups is 1. The molecule has 1 heterocycles. The van der Waals surface area contributed by atoms with E-state index in [1.165, 1.54) is 23.5 Å². The summed E-state index contributed by atoms with van der Waals surface area (Å²) < 4.78 is 33.5. The maximum Gasteiger partial charge on any atom is 0.255 e. The molecule has 0 unspecified atom stereocenters. The molecule has 1 N–H and O–H groups in total. The molecule has 0 radical (unpaired) electrons. The molecule has 3 rings (SSSR count). The molecule has 1 fully saturated rings. The van der Waals surface area contributed by atoms with E-state index in [0.717, 1.165) is 30.6 Å². The van der Waals surface area contributed by atoms with E-state index < -0.39 is 10.0 Å². The van der Waals surface area contributed by atoms with Gasteiger partial charge in [-0.1, -0.05) is 31.1 Å². The van der Waals surface area contributed by atoms with Crippen LogP contribution in [-0.4, -0.2) is 44.6 Å². The molecule has 0 aliphatic carbocycles. The number of amides is 1. The second kappa shape index (κ2) is 10.8. The number of nitrogens with zero attached hydrogens (tertiary/aromatic N) is 1. The summed E-state index contributed by atoms with van der Waals surface area (Å²) in [4.78, 5) is 13.9. The summed E-state index contributed by atoms with van der Waals surface area (Å²) in [6.45, 7) is 4.69. The van der Waals surface area contributed by atoms with Gasteiger partial charge in [-0.15, -0.1) is 18.3 Å². The van der Waals surface area contributed by atoms with Crippen LogP contribution in [-0.2, 0) is 10.0 Å². The lowest BCUT2D eigenvalue weighted by molar-refractivity contribution is 0.102. The molecule has 31 heavy (non-hydrogen) atoms. The third-order valence-corrected chi connectivity index (χ3v) is 8.09. The lowest BCUT2D eigenvalue weighted by Gasteiger charge is -2.21. The van der Waals surface area contributed by atoms with Crippen LogP contribution in [0.5, 0.6) is 5.75 Å². The largest absolute Gasteiger partial charge is 0.495 e. The van der Waals surface area contributed by atoms with Crippen molar-refractivity contribution < 1.29 is 17.9 Å². The molecule has 0 saturated carbocycles. The van der Waals surface area contributed by atoms with Crippen LogP contribution >= 0.6 is 11.8 Å². The molecule has 6 nitrogen and oxygen atoms in total. The van der Waals surface area contributed by atoms with Crippen molar-refractivity contribution in [1.82, 2.24) is 4.31 Å². The first-order chi connectivity index (χ1) is 15.0. The number of hydrogen-bond acceptors (Lipinski definition) is 5. The van der Waals surface area contributed by atoms with Gasteiger partial charge in [-0.2, -0.15) is 4.31 Å². The fraction of sp³-hybridized carbons (Fsp3) is 0.348. The van der Waals surface area contributed by atoms with Crippen LogP contribution in [0.2, 0.25) is 0 Å². The van der Waals surface area contributed by atoms with Gasteiger partial charge < -0.3 is 10.1 Å². The maximum absolute atomic E-state index is 13.3. The lowest BCUT2D eigenvalue weighted by Crippen LogP contribution is -2.32. The Morgan fingerprint density at radius 1 is 1.16 bits per heavy atom. The first-order valence-electron chi connectivity index (χ1n) is 10.3. The molecule has 1 aliphatic rings. The van der Waals surface area contributed by atoms with Crippen LogP contribution in [0.3, 0.4) is 0 Å². The van der Waals surface area contributed by atoms with Crippen molar-refractivity contribution in [1.29, 1.82) is 0 Å². The summed E-state index contributed by atoms with van der Waals surface area (Å²) in [5.74, 6) is 0.581. The second-order valence-electron chi connectivity index (χ2n) is 7.23. The number of sulfonamides is 1. The van der Waals surface area contributed by atoms with Crippen molar-refractivity contribution in [2.75, 3.05) is 31.3 Å². The molecule has 0 bridgehead atoms. The molecule has 166 valence electrons. The number of hydrogen-bond donors (Lipinski definition) is 1. The Kier molecular flexibility index (Phi) is 8.17. The van der Waals surface area contributed by atoms with Gasteiger partial charge in [-0.05, 0) is 43.2 Å². The standard InChI is InChI=1S/C23H28N2O4S2/c1-3-16-30-21-11-7-6-10-19(21)24-23(26)18-12-13-20(29-2)22(17-18)31(27,28)25-14-8-4-5-9-15-25/h3,6-7,10-13,17H,1,4-5,8-9,14-16H2,2H3,(H,24,26). The van der Waals surface area contributed by atoms with Crippen molar-refractivity contribution in [3.05, 3.63) is 60.7 Å². The van der Waals surface area contributed by atoms with E-state index in [-0.39, 0.29) is 22.1 Å². The Morgan fingerprint density at radius 3 is 2.55 bits per heavy atom. The molecule has 0 aromatic heterocycles. The van der Waals surface area contributed by atoms with Gasteiger partial charge >= 0.3 is 0 Å².